The van der Waals surface area contributed by atoms with Crippen molar-refractivity contribution < 1.29 is 9.59 Å². The zero-order valence-electron chi connectivity index (χ0n) is 7.34. The number of rotatable bonds is 3. The van der Waals surface area contributed by atoms with E-state index in [-0.39, 0.29) is 5.78 Å². The largest absolute Gasteiger partial charge is 0.300 e. The molecule has 1 aliphatic rings. The molecule has 0 heterocycles. The van der Waals surface area contributed by atoms with Gasteiger partial charge in [-0.25, -0.2) is 0 Å². The minimum atomic E-state index is 0.233. The minimum absolute atomic E-state index is 0.233. The summed E-state index contributed by atoms with van der Waals surface area (Å²) < 4.78 is 0. The van der Waals surface area contributed by atoms with Gasteiger partial charge in [0, 0.05) is 18.1 Å². The van der Waals surface area contributed by atoms with E-state index < -0.39 is 0 Å². The summed E-state index contributed by atoms with van der Waals surface area (Å²) in [5, 5.41) is 0.548. The second-order valence-corrected chi connectivity index (χ2v) is 4.54. The molecule has 0 aliphatic heterocycles. The Bertz CT molecular complexity index is 179. The smallest absolute Gasteiger partial charge is 0.139 e. The Hall–Kier alpha value is -0.310. The van der Waals surface area contributed by atoms with E-state index >= 15 is 0 Å². The van der Waals surface area contributed by atoms with Gasteiger partial charge in [-0.05, 0) is 19.8 Å². The van der Waals surface area contributed by atoms with Crippen molar-refractivity contribution in [1.82, 2.24) is 0 Å². The third-order valence-electron chi connectivity index (χ3n) is 2.01. The van der Waals surface area contributed by atoms with Crippen molar-refractivity contribution in [2.45, 2.75) is 37.9 Å². The summed E-state index contributed by atoms with van der Waals surface area (Å²) in [7, 11) is 0. The number of Topliss-reactive ketones (excluding diaryl/α,β-unsaturated/α-hetero) is 2. The topological polar surface area (TPSA) is 34.1 Å². The Morgan fingerprint density at radius 2 is 2.08 bits per heavy atom. The van der Waals surface area contributed by atoms with Crippen molar-refractivity contribution in [3.8, 4) is 0 Å². The van der Waals surface area contributed by atoms with Crippen LogP contribution >= 0.6 is 11.8 Å². The predicted molar refractivity (Wildman–Crippen MR) is 50.4 cm³/mol. The molecule has 0 radical (unpaired) electrons. The molecule has 68 valence electrons. The molecule has 0 spiro atoms. The van der Waals surface area contributed by atoms with Crippen LogP contribution in [-0.4, -0.2) is 22.6 Å². The average Bonchev–Trinajstić information content (AvgIpc) is 2.03. The predicted octanol–water partition coefficient (Wildman–Crippen LogP) is 1.82. The Morgan fingerprint density at radius 1 is 1.50 bits per heavy atom. The molecular weight excluding hydrogens is 172 g/mol. The monoisotopic (exact) mass is 186 g/mol. The molecular formula is C9H14O2S. The third kappa shape index (κ3) is 3.39. The number of hydrogen-bond donors (Lipinski definition) is 0. The van der Waals surface area contributed by atoms with Gasteiger partial charge in [-0.2, -0.15) is 11.8 Å². The van der Waals surface area contributed by atoms with Crippen LogP contribution in [0.4, 0.5) is 0 Å². The van der Waals surface area contributed by atoms with Crippen molar-refractivity contribution in [2.24, 2.45) is 0 Å². The van der Waals surface area contributed by atoms with E-state index in [1.54, 1.807) is 18.7 Å². The summed E-state index contributed by atoms with van der Waals surface area (Å²) in [6, 6.07) is 0. The summed E-state index contributed by atoms with van der Waals surface area (Å²) in [4.78, 5) is 21.5. The Labute approximate surface area is 77.1 Å². The SMILES string of the molecule is CC(=O)CSC1CCC(=O)CC1. The fourth-order valence-corrected chi connectivity index (χ4v) is 2.35. The molecule has 0 N–H and O–H groups in total. The van der Waals surface area contributed by atoms with Gasteiger partial charge in [0.2, 0.25) is 0 Å². The molecule has 0 bridgehead atoms. The highest BCUT2D eigenvalue weighted by atomic mass is 32.2. The molecule has 12 heavy (non-hydrogen) atoms. The highest BCUT2D eigenvalue weighted by Crippen LogP contribution is 2.26. The maximum atomic E-state index is 10.9. The molecule has 0 saturated heterocycles. The minimum Gasteiger partial charge on any atom is -0.300 e. The van der Waals surface area contributed by atoms with Gasteiger partial charge in [-0.1, -0.05) is 0 Å². The molecule has 0 unspecified atom stereocenters. The van der Waals surface area contributed by atoms with Crippen LogP contribution in [-0.2, 0) is 9.59 Å². The molecule has 1 rings (SSSR count). The molecule has 0 amide bonds. The van der Waals surface area contributed by atoms with Gasteiger partial charge >= 0.3 is 0 Å². The summed E-state index contributed by atoms with van der Waals surface area (Å²) in [5.74, 6) is 1.23. The second-order valence-electron chi connectivity index (χ2n) is 3.25. The van der Waals surface area contributed by atoms with Gasteiger partial charge in [0.1, 0.15) is 11.6 Å². The van der Waals surface area contributed by atoms with Crippen LogP contribution in [0.2, 0.25) is 0 Å². The maximum Gasteiger partial charge on any atom is 0.139 e. The van der Waals surface area contributed by atoms with Crippen molar-refractivity contribution in [1.29, 1.82) is 0 Å². The molecule has 3 heteroatoms. The lowest BCUT2D eigenvalue weighted by atomic mass is 9.99. The number of carbonyl (C=O) groups is 2. The van der Waals surface area contributed by atoms with Crippen molar-refractivity contribution in [3.63, 3.8) is 0 Å². The van der Waals surface area contributed by atoms with Gasteiger partial charge in [-0.15, -0.1) is 0 Å². The van der Waals surface area contributed by atoms with Crippen molar-refractivity contribution in [2.75, 3.05) is 5.75 Å². The lowest BCUT2D eigenvalue weighted by molar-refractivity contribution is -0.120. The Balaban J connectivity index is 2.17. The standard InChI is InChI=1S/C9H14O2S/c1-7(10)6-12-9-4-2-8(11)3-5-9/h9H,2-6H2,1H3. The third-order valence-corrected chi connectivity index (χ3v) is 3.53. The molecule has 0 aromatic carbocycles. The molecule has 1 aliphatic carbocycles. The highest BCUT2D eigenvalue weighted by molar-refractivity contribution is 8.00. The molecule has 1 saturated carbocycles. The van der Waals surface area contributed by atoms with E-state index in [0.29, 0.717) is 16.8 Å². The molecule has 1 fully saturated rings. The van der Waals surface area contributed by atoms with E-state index in [1.165, 1.54) is 0 Å². The zero-order valence-corrected chi connectivity index (χ0v) is 8.15. The quantitative estimate of drug-likeness (QED) is 0.674. The lowest BCUT2D eigenvalue weighted by Gasteiger charge is -2.19. The van der Waals surface area contributed by atoms with Crippen LogP contribution in [0.15, 0.2) is 0 Å². The van der Waals surface area contributed by atoms with E-state index in [4.69, 9.17) is 0 Å². The summed E-state index contributed by atoms with van der Waals surface area (Å²) in [5.41, 5.74) is 0. The fraction of sp³-hybridized carbons (Fsp3) is 0.778. The molecule has 0 atom stereocenters. The normalized spacial score (nSPS) is 19.6. The summed E-state index contributed by atoms with van der Waals surface area (Å²) in [6.45, 7) is 1.61. The van der Waals surface area contributed by atoms with Gasteiger partial charge in [-0.3, -0.25) is 9.59 Å². The van der Waals surface area contributed by atoms with E-state index in [9.17, 15) is 9.59 Å². The highest BCUT2D eigenvalue weighted by Gasteiger charge is 2.18. The van der Waals surface area contributed by atoms with Gasteiger partial charge < -0.3 is 0 Å². The zero-order chi connectivity index (χ0) is 8.97. The molecule has 0 aromatic rings. The second kappa shape index (κ2) is 4.65. The summed E-state index contributed by atoms with van der Waals surface area (Å²) >= 11 is 1.71. The Kier molecular flexibility index (Phi) is 3.79. The number of thioether (sulfide) groups is 1. The number of ketones is 2. The average molecular weight is 186 g/mol. The van der Waals surface area contributed by atoms with Crippen LogP contribution in [0.3, 0.4) is 0 Å². The van der Waals surface area contributed by atoms with Gasteiger partial charge in [0.15, 0.2) is 0 Å². The van der Waals surface area contributed by atoms with Crippen LogP contribution in [0.5, 0.6) is 0 Å². The van der Waals surface area contributed by atoms with E-state index in [1.807, 2.05) is 0 Å². The molecule has 0 aromatic heterocycles. The first kappa shape index (κ1) is 9.78. The first-order valence-electron chi connectivity index (χ1n) is 4.31. The number of hydrogen-bond acceptors (Lipinski definition) is 3. The van der Waals surface area contributed by atoms with Crippen LogP contribution in [0.25, 0.3) is 0 Å². The summed E-state index contributed by atoms with van der Waals surface area (Å²) in [6.07, 6.45) is 3.37. The van der Waals surface area contributed by atoms with Crippen molar-refractivity contribution in [3.05, 3.63) is 0 Å². The molecule has 2 nitrogen and oxygen atoms in total. The lowest BCUT2D eigenvalue weighted by Crippen LogP contribution is -2.16. The van der Waals surface area contributed by atoms with Crippen LogP contribution < -0.4 is 0 Å². The van der Waals surface area contributed by atoms with Gasteiger partial charge in [0.05, 0.1) is 5.75 Å². The maximum absolute atomic E-state index is 10.9. The van der Waals surface area contributed by atoms with E-state index in [2.05, 4.69) is 0 Å². The fourth-order valence-electron chi connectivity index (χ4n) is 1.32. The number of carbonyl (C=O) groups excluding carboxylic acids is 2. The van der Waals surface area contributed by atoms with Crippen LogP contribution in [0.1, 0.15) is 32.6 Å². The van der Waals surface area contributed by atoms with Gasteiger partial charge in [0.25, 0.3) is 0 Å². The van der Waals surface area contributed by atoms with Crippen LogP contribution in [0, 0.1) is 0 Å². The first-order chi connectivity index (χ1) is 5.68. The van der Waals surface area contributed by atoms with E-state index in [0.717, 1.165) is 25.7 Å². The Morgan fingerprint density at radius 3 is 2.58 bits per heavy atom. The van der Waals surface area contributed by atoms with Crippen molar-refractivity contribution >= 4 is 23.3 Å². The first-order valence-corrected chi connectivity index (χ1v) is 5.36.